The van der Waals surface area contributed by atoms with E-state index in [0.29, 0.717) is 28.2 Å². The molecule has 0 atom stereocenters. The Labute approximate surface area is 125 Å². The lowest BCUT2D eigenvalue weighted by atomic mass is 10.2. The highest BCUT2D eigenvalue weighted by Gasteiger charge is 2.21. The van der Waals surface area contributed by atoms with Crippen molar-refractivity contribution >= 4 is 33.0 Å². The maximum atomic E-state index is 12.2. The van der Waals surface area contributed by atoms with Crippen LogP contribution in [0.1, 0.15) is 20.8 Å². The number of carboxylic acid groups (broad SMARTS) is 1. The average molecular weight is 327 g/mol. The molecule has 1 aromatic carbocycles. The first-order valence-electron chi connectivity index (χ1n) is 5.87. The number of phenols is 1. The van der Waals surface area contributed by atoms with Crippen molar-refractivity contribution in [2.45, 2.75) is 18.1 Å². The van der Waals surface area contributed by atoms with Crippen LogP contribution in [0.25, 0.3) is 0 Å². The standard InChI is InChI=1S/C13H13NO5S2/c1-7-5-9(3-4-10(7)15)14-21(18,19)11-6-8(2)12(20-11)13(16)17/h3-6,14-15H,1-2H3,(H,16,17). The van der Waals surface area contributed by atoms with Crippen LogP contribution < -0.4 is 4.72 Å². The molecule has 0 saturated carbocycles. The van der Waals surface area contributed by atoms with Crippen LogP contribution in [0.5, 0.6) is 5.75 Å². The van der Waals surface area contributed by atoms with Gasteiger partial charge in [-0.15, -0.1) is 11.3 Å². The van der Waals surface area contributed by atoms with Crippen LogP contribution in [0, 0.1) is 13.8 Å². The van der Waals surface area contributed by atoms with Gasteiger partial charge in [-0.3, -0.25) is 4.72 Å². The van der Waals surface area contributed by atoms with Crippen LogP contribution in [0.4, 0.5) is 5.69 Å². The van der Waals surface area contributed by atoms with E-state index < -0.39 is 16.0 Å². The lowest BCUT2D eigenvalue weighted by molar-refractivity contribution is 0.0701. The van der Waals surface area contributed by atoms with Crippen molar-refractivity contribution in [2.24, 2.45) is 0 Å². The molecule has 3 N–H and O–H groups in total. The SMILES string of the molecule is Cc1cc(NS(=O)(=O)c2cc(C)c(C(=O)O)s2)ccc1O. The molecule has 1 heterocycles. The number of carboxylic acids is 1. The molecule has 112 valence electrons. The van der Waals surface area contributed by atoms with Gasteiger partial charge in [-0.25, -0.2) is 13.2 Å². The predicted octanol–water partition coefficient (Wildman–Crippen LogP) is 2.57. The monoisotopic (exact) mass is 327 g/mol. The summed E-state index contributed by atoms with van der Waals surface area (Å²) in [6.45, 7) is 3.19. The topological polar surface area (TPSA) is 104 Å². The smallest absolute Gasteiger partial charge is 0.346 e. The van der Waals surface area contributed by atoms with Gasteiger partial charge in [0.2, 0.25) is 0 Å². The number of phenolic OH excluding ortho intramolecular Hbond substituents is 1. The number of hydrogen-bond acceptors (Lipinski definition) is 5. The normalized spacial score (nSPS) is 11.3. The second-order valence-electron chi connectivity index (χ2n) is 4.49. The Bertz CT molecular complexity index is 808. The number of carbonyl (C=O) groups is 1. The number of aryl methyl sites for hydroxylation is 2. The first-order valence-corrected chi connectivity index (χ1v) is 8.17. The molecule has 0 radical (unpaired) electrons. The molecule has 0 aliphatic rings. The van der Waals surface area contributed by atoms with E-state index >= 15 is 0 Å². The number of anilines is 1. The van der Waals surface area contributed by atoms with Gasteiger partial charge in [-0.2, -0.15) is 0 Å². The van der Waals surface area contributed by atoms with E-state index in [1.165, 1.54) is 24.3 Å². The third-order valence-corrected chi connectivity index (χ3v) is 5.88. The summed E-state index contributed by atoms with van der Waals surface area (Å²) < 4.78 is 26.8. The highest BCUT2D eigenvalue weighted by molar-refractivity contribution is 7.94. The van der Waals surface area contributed by atoms with E-state index in [0.717, 1.165) is 0 Å². The summed E-state index contributed by atoms with van der Waals surface area (Å²) in [6, 6.07) is 5.63. The van der Waals surface area contributed by atoms with Crippen molar-refractivity contribution in [1.82, 2.24) is 0 Å². The first-order chi connectivity index (χ1) is 9.70. The van der Waals surface area contributed by atoms with Crippen LogP contribution >= 0.6 is 11.3 Å². The minimum Gasteiger partial charge on any atom is -0.508 e. The van der Waals surface area contributed by atoms with Gasteiger partial charge in [0.15, 0.2) is 0 Å². The Morgan fingerprint density at radius 1 is 1.19 bits per heavy atom. The zero-order chi connectivity index (χ0) is 15.8. The fraction of sp³-hybridized carbons (Fsp3) is 0.154. The molecule has 2 aromatic rings. The number of nitrogens with one attached hydrogen (secondary N) is 1. The van der Waals surface area contributed by atoms with Crippen LogP contribution in [0.15, 0.2) is 28.5 Å². The van der Waals surface area contributed by atoms with Crippen molar-refractivity contribution in [1.29, 1.82) is 0 Å². The van der Waals surface area contributed by atoms with Gasteiger partial charge in [0.1, 0.15) is 14.8 Å². The molecular weight excluding hydrogens is 314 g/mol. The molecule has 0 bridgehead atoms. The summed E-state index contributed by atoms with van der Waals surface area (Å²) in [6.07, 6.45) is 0. The molecule has 0 aliphatic carbocycles. The highest BCUT2D eigenvalue weighted by Crippen LogP contribution is 2.28. The van der Waals surface area contributed by atoms with E-state index in [4.69, 9.17) is 5.11 Å². The zero-order valence-corrected chi connectivity index (χ0v) is 12.9. The van der Waals surface area contributed by atoms with Crippen LogP contribution in [-0.4, -0.2) is 24.6 Å². The fourth-order valence-electron chi connectivity index (χ4n) is 1.72. The maximum absolute atomic E-state index is 12.2. The quantitative estimate of drug-likeness (QED) is 0.749. The van der Waals surface area contributed by atoms with Gasteiger partial charge in [0, 0.05) is 5.69 Å². The minimum atomic E-state index is -3.85. The second-order valence-corrected chi connectivity index (χ2v) is 7.45. The molecule has 0 aliphatic heterocycles. The van der Waals surface area contributed by atoms with E-state index in [2.05, 4.69) is 4.72 Å². The Hall–Kier alpha value is -2.06. The van der Waals surface area contributed by atoms with E-state index in [-0.39, 0.29) is 14.8 Å². The summed E-state index contributed by atoms with van der Waals surface area (Å²) in [5.41, 5.74) is 1.23. The fourth-order valence-corrected chi connectivity index (χ4v) is 4.15. The summed E-state index contributed by atoms with van der Waals surface area (Å²) >= 11 is 0.702. The molecule has 0 saturated heterocycles. The largest absolute Gasteiger partial charge is 0.508 e. The molecular formula is C13H13NO5S2. The molecule has 21 heavy (non-hydrogen) atoms. The lowest BCUT2D eigenvalue weighted by Crippen LogP contribution is -2.11. The third-order valence-electron chi connectivity index (χ3n) is 2.80. The van der Waals surface area contributed by atoms with Crippen LogP contribution in [0.2, 0.25) is 0 Å². The van der Waals surface area contributed by atoms with E-state index in [1.807, 2.05) is 0 Å². The van der Waals surface area contributed by atoms with Gasteiger partial charge in [0.25, 0.3) is 10.0 Å². The summed E-state index contributed by atoms with van der Waals surface area (Å²) in [7, 11) is -3.85. The number of aromatic carboxylic acids is 1. The Morgan fingerprint density at radius 3 is 2.38 bits per heavy atom. The number of benzene rings is 1. The number of rotatable bonds is 4. The average Bonchev–Trinajstić information content (AvgIpc) is 2.77. The van der Waals surface area contributed by atoms with Gasteiger partial charge < -0.3 is 10.2 Å². The van der Waals surface area contributed by atoms with Crippen LogP contribution in [0.3, 0.4) is 0 Å². The number of sulfonamides is 1. The van der Waals surface area contributed by atoms with Crippen molar-refractivity contribution in [2.75, 3.05) is 4.72 Å². The summed E-state index contributed by atoms with van der Waals surface area (Å²) in [4.78, 5) is 11.0. The number of hydrogen-bond donors (Lipinski definition) is 3. The van der Waals surface area contributed by atoms with Gasteiger partial charge in [-0.05, 0) is 49.2 Å². The summed E-state index contributed by atoms with van der Waals surface area (Å²) in [5, 5.41) is 18.4. The predicted molar refractivity (Wildman–Crippen MR) is 79.7 cm³/mol. The number of aromatic hydroxyl groups is 1. The van der Waals surface area contributed by atoms with E-state index in [1.54, 1.807) is 13.8 Å². The minimum absolute atomic E-state index is 0.00254. The second kappa shape index (κ2) is 5.38. The number of thiophene rings is 1. The zero-order valence-electron chi connectivity index (χ0n) is 11.2. The van der Waals surface area contributed by atoms with Crippen LogP contribution in [-0.2, 0) is 10.0 Å². The van der Waals surface area contributed by atoms with Crippen molar-refractivity contribution in [3.8, 4) is 5.75 Å². The molecule has 6 nitrogen and oxygen atoms in total. The lowest BCUT2D eigenvalue weighted by Gasteiger charge is -2.07. The van der Waals surface area contributed by atoms with Gasteiger partial charge in [0.05, 0.1) is 0 Å². The Morgan fingerprint density at radius 2 is 1.86 bits per heavy atom. The Balaban J connectivity index is 2.36. The molecule has 1 aromatic heterocycles. The van der Waals surface area contributed by atoms with Gasteiger partial charge >= 0.3 is 5.97 Å². The van der Waals surface area contributed by atoms with E-state index in [9.17, 15) is 18.3 Å². The molecule has 0 unspecified atom stereocenters. The Kier molecular flexibility index (Phi) is 3.93. The molecule has 2 rings (SSSR count). The molecule has 8 heteroatoms. The molecule has 0 amide bonds. The third kappa shape index (κ3) is 3.17. The molecule has 0 fully saturated rings. The van der Waals surface area contributed by atoms with Gasteiger partial charge in [-0.1, -0.05) is 0 Å². The molecule has 0 spiro atoms. The summed E-state index contributed by atoms with van der Waals surface area (Å²) in [5.74, 6) is -1.09. The van der Waals surface area contributed by atoms with Crippen molar-refractivity contribution < 1.29 is 23.4 Å². The van der Waals surface area contributed by atoms with Crippen molar-refractivity contribution in [3.63, 3.8) is 0 Å². The van der Waals surface area contributed by atoms with Crippen molar-refractivity contribution in [3.05, 3.63) is 40.3 Å². The first kappa shape index (κ1) is 15.3. The highest BCUT2D eigenvalue weighted by atomic mass is 32.2. The maximum Gasteiger partial charge on any atom is 0.346 e.